The zero-order valence-corrected chi connectivity index (χ0v) is 30.8. The Morgan fingerprint density at radius 3 is 1.75 bits per heavy atom. The molecular formula is C53H37NO. The number of nitrogens with zero attached hydrogens (tertiary/aromatic N) is 1. The predicted molar refractivity (Wildman–Crippen MR) is 232 cm³/mol. The second kappa shape index (κ2) is 12.1. The van der Waals surface area contributed by atoms with Crippen molar-refractivity contribution < 1.29 is 4.42 Å². The fraction of sp³-hybridized carbons (Fsp3) is 0.0566. The number of fused-ring (bicyclic) bond motifs is 9. The summed E-state index contributed by atoms with van der Waals surface area (Å²) >= 11 is 0. The van der Waals surface area contributed by atoms with Crippen LogP contribution in [-0.2, 0) is 5.41 Å². The Morgan fingerprint density at radius 2 is 0.964 bits per heavy atom. The molecule has 0 amide bonds. The fourth-order valence-corrected chi connectivity index (χ4v) is 9.14. The quantitative estimate of drug-likeness (QED) is 0.177. The number of hydrogen-bond acceptors (Lipinski definition) is 2. The van der Waals surface area contributed by atoms with Crippen LogP contribution in [0.25, 0.3) is 76.9 Å². The molecule has 2 heteroatoms. The van der Waals surface area contributed by atoms with Crippen molar-refractivity contribution >= 4 is 60.5 Å². The van der Waals surface area contributed by atoms with E-state index < -0.39 is 0 Å². The molecule has 9 aromatic carbocycles. The minimum Gasteiger partial charge on any atom is -0.455 e. The predicted octanol–water partition coefficient (Wildman–Crippen LogP) is 15.0. The van der Waals surface area contributed by atoms with Gasteiger partial charge in [0.05, 0.1) is 0 Å². The molecule has 2 nitrogen and oxygen atoms in total. The number of benzene rings is 9. The SMILES string of the molecule is CC1(C)c2ccccc2-c2cc(N(c3ccc(-c4cccc5ccccc45)cc3)c3ccc(-c4cc5ccccc5c5oc6ccccc6c45)cc3)ccc21. The lowest BCUT2D eigenvalue weighted by atomic mass is 9.82. The lowest BCUT2D eigenvalue weighted by Gasteiger charge is -2.27. The van der Waals surface area contributed by atoms with E-state index in [9.17, 15) is 0 Å². The van der Waals surface area contributed by atoms with Gasteiger partial charge in [0.25, 0.3) is 0 Å². The Morgan fingerprint density at radius 1 is 0.400 bits per heavy atom. The number of para-hydroxylation sites is 1. The molecule has 0 unspecified atom stereocenters. The smallest absolute Gasteiger partial charge is 0.143 e. The maximum atomic E-state index is 6.54. The van der Waals surface area contributed by atoms with Crippen LogP contribution in [-0.4, -0.2) is 0 Å². The first kappa shape index (κ1) is 31.6. The molecule has 0 fully saturated rings. The molecule has 0 saturated heterocycles. The number of hydrogen-bond donors (Lipinski definition) is 0. The molecule has 0 aliphatic heterocycles. The summed E-state index contributed by atoms with van der Waals surface area (Å²) in [5, 5.41) is 7.10. The molecule has 10 aromatic rings. The molecule has 1 heterocycles. The lowest BCUT2D eigenvalue weighted by Crippen LogP contribution is -2.15. The Kier molecular flexibility index (Phi) is 6.93. The Hall–Kier alpha value is -6.90. The van der Waals surface area contributed by atoms with E-state index in [4.69, 9.17) is 4.42 Å². The van der Waals surface area contributed by atoms with Crippen molar-refractivity contribution in [2.24, 2.45) is 0 Å². The molecule has 0 bridgehead atoms. The molecule has 0 saturated carbocycles. The largest absolute Gasteiger partial charge is 0.455 e. The van der Waals surface area contributed by atoms with Crippen molar-refractivity contribution in [1.82, 2.24) is 0 Å². The molecule has 260 valence electrons. The van der Waals surface area contributed by atoms with Gasteiger partial charge in [0.1, 0.15) is 11.2 Å². The maximum Gasteiger partial charge on any atom is 0.143 e. The Balaban J connectivity index is 1.07. The van der Waals surface area contributed by atoms with Crippen LogP contribution in [0, 0.1) is 0 Å². The van der Waals surface area contributed by atoms with Crippen LogP contribution in [0.15, 0.2) is 192 Å². The monoisotopic (exact) mass is 703 g/mol. The summed E-state index contributed by atoms with van der Waals surface area (Å²) in [4.78, 5) is 2.40. The van der Waals surface area contributed by atoms with Gasteiger partial charge in [0, 0.05) is 38.6 Å². The van der Waals surface area contributed by atoms with Gasteiger partial charge in [-0.1, -0.05) is 153 Å². The normalized spacial score (nSPS) is 13.1. The summed E-state index contributed by atoms with van der Waals surface area (Å²) in [6, 6.07) is 68.4. The highest BCUT2D eigenvalue weighted by Crippen LogP contribution is 2.51. The van der Waals surface area contributed by atoms with E-state index in [0.29, 0.717) is 0 Å². The highest BCUT2D eigenvalue weighted by Gasteiger charge is 2.35. The molecule has 55 heavy (non-hydrogen) atoms. The number of rotatable bonds is 5. The summed E-state index contributed by atoms with van der Waals surface area (Å²) in [7, 11) is 0. The average molecular weight is 704 g/mol. The molecule has 11 rings (SSSR count). The summed E-state index contributed by atoms with van der Waals surface area (Å²) in [5.74, 6) is 0. The van der Waals surface area contributed by atoms with Gasteiger partial charge in [-0.2, -0.15) is 0 Å². The van der Waals surface area contributed by atoms with Crippen molar-refractivity contribution in [3.05, 3.63) is 199 Å². The first-order chi connectivity index (χ1) is 27.0. The minimum absolute atomic E-state index is 0.0561. The zero-order chi connectivity index (χ0) is 36.7. The summed E-state index contributed by atoms with van der Waals surface area (Å²) in [6.45, 7) is 4.68. The van der Waals surface area contributed by atoms with Crippen molar-refractivity contribution in [2.75, 3.05) is 4.90 Å². The van der Waals surface area contributed by atoms with Gasteiger partial charge in [-0.3, -0.25) is 0 Å². The van der Waals surface area contributed by atoms with E-state index in [0.717, 1.165) is 50.0 Å². The van der Waals surface area contributed by atoms with Gasteiger partial charge in [0.2, 0.25) is 0 Å². The molecule has 0 N–H and O–H groups in total. The van der Waals surface area contributed by atoms with Crippen LogP contribution < -0.4 is 4.90 Å². The highest BCUT2D eigenvalue weighted by atomic mass is 16.3. The van der Waals surface area contributed by atoms with Gasteiger partial charge < -0.3 is 9.32 Å². The highest BCUT2D eigenvalue weighted by molar-refractivity contribution is 6.21. The van der Waals surface area contributed by atoms with E-state index in [1.807, 2.05) is 6.07 Å². The second-order valence-electron chi connectivity index (χ2n) is 15.3. The maximum absolute atomic E-state index is 6.54. The van der Waals surface area contributed by atoms with Crippen molar-refractivity contribution in [1.29, 1.82) is 0 Å². The van der Waals surface area contributed by atoms with E-state index in [1.54, 1.807) is 0 Å². The van der Waals surface area contributed by atoms with Gasteiger partial charge in [0.15, 0.2) is 0 Å². The lowest BCUT2D eigenvalue weighted by molar-refractivity contribution is 0.660. The van der Waals surface area contributed by atoms with Crippen LogP contribution in [0.5, 0.6) is 0 Å². The van der Waals surface area contributed by atoms with E-state index in [1.165, 1.54) is 55.1 Å². The van der Waals surface area contributed by atoms with E-state index >= 15 is 0 Å². The molecular weight excluding hydrogens is 667 g/mol. The van der Waals surface area contributed by atoms with Crippen LogP contribution in [0.2, 0.25) is 0 Å². The summed E-state index contributed by atoms with van der Waals surface area (Å²) in [5.41, 5.74) is 15.3. The average Bonchev–Trinajstić information content (AvgIpc) is 3.74. The number of anilines is 3. The molecule has 1 aliphatic carbocycles. The van der Waals surface area contributed by atoms with Gasteiger partial charge >= 0.3 is 0 Å². The van der Waals surface area contributed by atoms with Gasteiger partial charge in [-0.25, -0.2) is 0 Å². The van der Waals surface area contributed by atoms with Crippen molar-refractivity contribution in [3.63, 3.8) is 0 Å². The van der Waals surface area contributed by atoms with Crippen LogP contribution >= 0.6 is 0 Å². The molecule has 1 aromatic heterocycles. The van der Waals surface area contributed by atoms with Crippen molar-refractivity contribution in [2.45, 2.75) is 19.3 Å². The summed E-state index contributed by atoms with van der Waals surface area (Å²) in [6.07, 6.45) is 0. The van der Waals surface area contributed by atoms with Crippen molar-refractivity contribution in [3.8, 4) is 33.4 Å². The van der Waals surface area contributed by atoms with Gasteiger partial charge in [-0.05, 0) is 109 Å². The third-order valence-corrected chi connectivity index (χ3v) is 11.9. The fourth-order valence-electron chi connectivity index (χ4n) is 9.14. The standard InChI is InChI=1S/C53H37NO/c1-53(2)48-20-9-7-17-44(48)47-33-40(30-31-49(47)53)54(38-26-22-35(23-27-38)42-19-11-14-34-12-3-5-15-41(34)42)39-28-24-36(25-29-39)46-32-37-13-4-6-16-43(37)52-51(46)45-18-8-10-21-50(45)55-52/h3-33H,1-2H3. The van der Waals surface area contributed by atoms with Gasteiger partial charge in [-0.15, -0.1) is 0 Å². The molecule has 1 aliphatic rings. The minimum atomic E-state index is -0.0561. The molecule has 0 radical (unpaired) electrons. The van der Waals surface area contributed by atoms with E-state index in [2.05, 4.69) is 201 Å². The summed E-state index contributed by atoms with van der Waals surface area (Å²) < 4.78 is 6.54. The Labute approximate surface area is 320 Å². The first-order valence-corrected chi connectivity index (χ1v) is 19.1. The Bertz CT molecular complexity index is 3110. The first-order valence-electron chi connectivity index (χ1n) is 19.1. The van der Waals surface area contributed by atoms with E-state index in [-0.39, 0.29) is 5.41 Å². The second-order valence-corrected chi connectivity index (χ2v) is 15.3. The molecule has 0 atom stereocenters. The number of furan rings is 1. The van der Waals surface area contributed by atoms with Crippen LogP contribution in [0.3, 0.4) is 0 Å². The molecule has 0 spiro atoms. The third-order valence-electron chi connectivity index (χ3n) is 11.9. The zero-order valence-electron chi connectivity index (χ0n) is 30.8. The topological polar surface area (TPSA) is 16.4 Å². The van der Waals surface area contributed by atoms with Crippen LogP contribution in [0.1, 0.15) is 25.0 Å². The third kappa shape index (κ3) is 4.88. The van der Waals surface area contributed by atoms with Crippen LogP contribution in [0.4, 0.5) is 17.1 Å².